The summed E-state index contributed by atoms with van der Waals surface area (Å²) in [6.45, 7) is 6.87. The van der Waals surface area contributed by atoms with Crippen LogP contribution >= 0.6 is 0 Å². The van der Waals surface area contributed by atoms with E-state index in [0.717, 1.165) is 6.42 Å². The van der Waals surface area contributed by atoms with Crippen LogP contribution in [0.25, 0.3) is 0 Å². The number of benzene rings is 2. The van der Waals surface area contributed by atoms with Gasteiger partial charge in [-0.25, -0.2) is 0 Å². The highest BCUT2D eigenvalue weighted by atomic mass is 14.2. The van der Waals surface area contributed by atoms with Gasteiger partial charge < -0.3 is 0 Å². The normalized spacial score (nSPS) is 12.7. The van der Waals surface area contributed by atoms with Gasteiger partial charge in [0.15, 0.2) is 0 Å². The summed E-state index contributed by atoms with van der Waals surface area (Å²) >= 11 is 0. The van der Waals surface area contributed by atoms with Crippen LogP contribution in [0.2, 0.25) is 0 Å². The smallest absolute Gasteiger partial charge is 0.0147 e. The molecule has 18 heavy (non-hydrogen) atoms. The Hall–Kier alpha value is -1.56. The van der Waals surface area contributed by atoms with E-state index in [0.29, 0.717) is 11.8 Å². The lowest BCUT2D eigenvalue weighted by Gasteiger charge is -2.18. The molecule has 1 unspecified atom stereocenters. The summed E-state index contributed by atoms with van der Waals surface area (Å²) in [5.41, 5.74) is 4.40. The van der Waals surface area contributed by atoms with E-state index in [4.69, 9.17) is 0 Å². The molecule has 94 valence electrons. The van der Waals surface area contributed by atoms with Gasteiger partial charge in [0.05, 0.1) is 0 Å². The second-order valence-corrected chi connectivity index (χ2v) is 5.37. The minimum absolute atomic E-state index is 0.575. The molecule has 0 fully saturated rings. The molecule has 0 radical (unpaired) electrons. The molecular weight excluding hydrogens is 216 g/mol. The Morgan fingerprint density at radius 1 is 0.722 bits per heavy atom. The summed E-state index contributed by atoms with van der Waals surface area (Å²) in [5.74, 6) is 1.17. The first-order valence-corrected chi connectivity index (χ1v) is 6.81. The standard InChI is InChI=1S/C18H22/c1-14(2)17-11-7-8-12-18(17)15(3)13-16-9-5-4-6-10-16/h4-12,14-15H,13H2,1-3H3. The number of hydrogen-bond donors (Lipinski definition) is 0. The molecule has 2 aromatic rings. The Morgan fingerprint density at radius 2 is 1.28 bits per heavy atom. The summed E-state index contributed by atoms with van der Waals surface area (Å²) in [6, 6.07) is 19.6. The average molecular weight is 238 g/mol. The molecule has 0 aliphatic carbocycles. The zero-order chi connectivity index (χ0) is 13.0. The van der Waals surface area contributed by atoms with Crippen molar-refractivity contribution in [2.75, 3.05) is 0 Å². The molecule has 0 spiro atoms. The zero-order valence-electron chi connectivity index (χ0n) is 11.6. The average Bonchev–Trinajstić information content (AvgIpc) is 2.40. The highest BCUT2D eigenvalue weighted by molar-refractivity contribution is 5.33. The molecule has 0 bridgehead atoms. The van der Waals surface area contributed by atoms with Crippen LogP contribution in [0, 0.1) is 0 Å². The van der Waals surface area contributed by atoms with Gasteiger partial charge in [-0.1, -0.05) is 75.4 Å². The molecular formula is C18H22. The fourth-order valence-electron chi connectivity index (χ4n) is 2.56. The molecule has 0 aliphatic heterocycles. The minimum atomic E-state index is 0.575. The summed E-state index contributed by atoms with van der Waals surface area (Å²) < 4.78 is 0. The number of hydrogen-bond acceptors (Lipinski definition) is 0. The Morgan fingerprint density at radius 3 is 1.89 bits per heavy atom. The van der Waals surface area contributed by atoms with Gasteiger partial charge in [-0.05, 0) is 34.9 Å². The van der Waals surface area contributed by atoms with Crippen molar-refractivity contribution in [1.82, 2.24) is 0 Å². The summed E-state index contributed by atoms with van der Waals surface area (Å²) in [5, 5.41) is 0. The minimum Gasteiger partial charge on any atom is -0.0622 e. The molecule has 2 rings (SSSR count). The fraction of sp³-hybridized carbons (Fsp3) is 0.333. The van der Waals surface area contributed by atoms with E-state index in [1.165, 1.54) is 16.7 Å². The zero-order valence-corrected chi connectivity index (χ0v) is 11.6. The largest absolute Gasteiger partial charge is 0.0622 e. The van der Waals surface area contributed by atoms with Gasteiger partial charge in [0.1, 0.15) is 0 Å². The van der Waals surface area contributed by atoms with Crippen LogP contribution in [0.4, 0.5) is 0 Å². The molecule has 0 heteroatoms. The van der Waals surface area contributed by atoms with E-state index < -0.39 is 0 Å². The molecule has 0 aliphatic rings. The van der Waals surface area contributed by atoms with Crippen molar-refractivity contribution in [2.45, 2.75) is 39.0 Å². The van der Waals surface area contributed by atoms with Crippen molar-refractivity contribution >= 4 is 0 Å². The van der Waals surface area contributed by atoms with Gasteiger partial charge in [0.2, 0.25) is 0 Å². The van der Waals surface area contributed by atoms with E-state index in [1.807, 2.05) is 0 Å². The lowest BCUT2D eigenvalue weighted by atomic mass is 9.86. The van der Waals surface area contributed by atoms with Gasteiger partial charge in [0.25, 0.3) is 0 Å². The van der Waals surface area contributed by atoms with Crippen LogP contribution < -0.4 is 0 Å². The van der Waals surface area contributed by atoms with E-state index in [9.17, 15) is 0 Å². The van der Waals surface area contributed by atoms with Crippen molar-refractivity contribution < 1.29 is 0 Å². The Bertz CT molecular complexity index is 482. The maximum Gasteiger partial charge on any atom is -0.0147 e. The fourth-order valence-corrected chi connectivity index (χ4v) is 2.56. The van der Waals surface area contributed by atoms with Crippen LogP contribution in [0.3, 0.4) is 0 Å². The van der Waals surface area contributed by atoms with Gasteiger partial charge in [-0.15, -0.1) is 0 Å². The van der Waals surface area contributed by atoms with Crippen molar-refractivity contribution in [3.05, 3.63) is 71.3 Å². The van der Waals surface area contributed by atoms with E-state index >= 15 is 0 Å². The monoisotopic (exact) mass is 238 g/mol. The van der Waals surface area contributed by atoms with E-state index in [-0.39, 0.29) is 0 Å². The van der Waals surface area contributed by atoms with Crippen LogP contribution in [-0.2, 0) is 6.42 Å². The molecule has 0 heterocycles. The maximum absolute atomic E-state index is 2.33. The maximum atomic E-state index is 2.33. The Labute approximate surface area is 111 Å². The lowest BCUT2D eigenvalue weighted by molar-refractivity contribution is 0.727. The summed E-state index contributed by atoms with van der Waals surface area (Å²) in [7, 11) is 0. The van der Waals surface area contributed by atoms with E-state index in [2.05, 4.69) is 75.4 Å². The highest BCUT2D eigenvalue weighted by Crippen LogP contribution is 2.28. The first-order valence-electron chi connectivity index (χ1n) is 6.81. The van der Waals surface area contributed by atoms with Gasteiger partial charge in [-0.2, -0.15) is 0 Å². The van der Waals surface area contributed by atoms with Gasteiger partial charge >= 0.3 is 0 Å². The third-order valence-corrected chi connectivity index (χ3v) is 3.53. The summed E-state index contributed by atoms with van der Waals surface area (Å²) in [6.07, 6.45) is 1.12. The van der Waals surface area contributed by atoms with Gasteiger partial charge in [0, 0.05) is 0 Å². The van der Waals surface area contributed by atoms with Crippen molar-refractivity contribution in [3.8, 4) is 0 Å². The second kappa shape index (κ2) is 5.86. The molecule has 2 aromatic carbocycles. The quantitative estimate of drug-likeness (QED) is 0.690. The highest BCUT2D eigenvalue weighted by Gasteiger charge is 2.12. The Balaban J connectivity index is 2.21. The third-order valence-electron chi connectivity index (χ3n) is 3.53. The molecule has 0 saturated heterocycles. The summed E-state index contributed by atoms with van der Waals surface area (Å²) in [4.78, 5) is 0. The third kappa shape index (κ3) is 3.01. The first-order chi connectivity index (χ1) is 8.68. The molecule has 0 nitrogen and oxygen atoms in total. The van der Waals surface area contributed by atoms with Crippen LogP contribution in [0.1, 0.15) is 49.3 Å². The molecule has 1 atom stereocenters. The number of rotatable bonds is 4. The molecule has 0 N–H and O–H groups in total. The van der Waals surface area contributed by atoms with Crippen LogP contribution in [-0.4, -0.2) is 0 Å². The second-order valence-electron chi connectivity index (χ2n) is 5.37. The van der Waals surface area contributed by atoms with E-state index in [1.54, 1.807) is 0 Å². The first kappa shape index (κ1) is 12.9. The molecule has 0 aromatic heterocycles. The molecule has 0 saturated carbocycles. The predicted molar refractivity (Wildman–Crippen MR) is 79.1 cm³/mol. The predicted octanol–water partition coefficient (Wildman–Crippen LogP) is 5.16. The SMILES string of the molecule is CC(C)c1ccccc1C(C)Cc1ccccc1. The topological polar surface area (TPSA) is 0 Å². The van der Waals surface area contributed by atoms with Crippen LogP contribution in [0.5, 0.6) is 0 Å². The van der Waals surface area contributed by atoms with Crippen LogP contribution in [0.15, 0.2) is 54.6 Å². The van der Waals surface area contributed by atoms with Gasteiger partial charge in [-0.3, -0.25) is 0 Å². The van der Waals surface area contributed by atoms with Crippen molar-refractivity contribution in [2.24, 2.45) is 0 Å². The van der Waals surface area contributed by atoms with Crippen molar-refractivity contribution in [3.63, 3.8) is 0 Å². The molecule has 0 amide bonds. The Kier molecular flexibility index (Phi) is 4.19. The van der Waals surface area contributed by atoms with Crippen molar-refractivity contribution in [1.29, 1.82) is 0 Å². The lowest BCUT2D eigenvalue weighted by Crippen LogP contribution is -2.03.